The molecule has 0 atom stereocenters. The fourth-order valence-corrected chi connectivity index (χ4v) is 1.81. The number of nitrogen functional groups attached to an aromatic ring is 1. The van der Waals surface area contributed by atoms with Gasteiger partial charge in [0.15, 0.2) is 0 Å². The molecule has 0 aliphatic rings. The number of phenols is 1. The monoisotopic (exact) mass is 280 g/mol. The largest absolute Gasteiger partial charge is 0.508 e. The van der Waals surface area contributed by atoms with Gasteiger partial charge < -0.3 is 16.2 Å². The quantitative estimate of drug-likeness (QED) is 0.585. The van der Waals surface area contributed by atoms with Gasteiger partial charge in [0.25, 0.3) is 5.91 Å². The van der Waals surface area contributed by atoms with E-state index in [1.807, 2.05) is 0 Å². The Hall–Kier alpha value is -2.27. The fraction of sp³-hybridized carbons (Fsp3) is 0. The van der Waals surface area contributed by atoms with Crippen molar-refractivity contribution in [3.63, 3.8) is 0 Å². The second-order valence-corrected chi connectivity index (χ2v) is 4.23. The van der Waals surface area contributed by atoms with Crippen LogP contribution in [0.1, 0.15) is 10.4 Å². The van der Waals surface area contributed by atoms with Crippen LogP contribution in [-0.2, 0) is 0 Å². The molecule has 0 bridgehead atoms. The van der Waals surface area contributed by atoms with Crippen LogP contribution in [0.2, 0.25) is 5.02 Å². The molecule has 0 fully saturated rings. The molecule has 0 heterocycles. The van der Waals surface area contributed by atoms with Gasteiger partial charge in [-0.1, -0.05) is 17.7 Å². The number of benzene rings is 2. The third-order valence-corrected chi connectivity index (χ3v) is 2.79. The molecule has 0 spiro atoms. The number of carbonyl (C=O) groups is 1. The molecular formula is C13H10ClFN2O2. The normalized spacial score (nSPS) is 10.2. The first kappa shape index (κ1) is 13.2. The van der Waals surface area contributed by atoms with Crippen LogP contribution < -0.4 is 11.1 Å². The number of nitrogens with one attached hydrogen (secondary N) is 1. The van der Waals surface area contributed by atoms with Crippen LogP contribution >= 0.6 is 11.6 Å². The number of rotatable bonds is 2. The molecule has 0 aromatic heterocycles. The molecule has 98 valence electrons. The van der Waals surface area contributed by atoms with Crippen molar-refractivity contribution in [1.82, 2.24) is 0 Å². The Bertz CT molecular complexity index is 626. The molecular weight excluding hydrogens is 271 g/mol. The van der Waals surface area contributed by atoms with E-state index in [2.05, 4.69) is 5.32 Å². The summed E-state index contributed by atoms with van der Waals surface area (Å²) in [6, 6.07) is 8.01. The van der Waals surface area contributed by atoms with Gasteiger partial charge in [-0.25, -0.2) is 4.39 Å². The zero-order chi connectivity index (χ0) is 14.0. The van der Waals surface area contributed by atoms with Gasteiger partial charge in [-0.15, -0.1) is 0 Å². The number of carbonyl (C=O) groups excluding carboxylic acids is 1. The maximum absolute atomic E-state index is 13.6. The van der Waals surface area contributed by atoms with E-state index in [1.165, 1.54) is 30.3 Å². The second kappa shape index (κ2) is 5.16. The van der Waals surface area contributed by atoms with E-state index >= 15 is 0 Å². The maximum atomic E-state index is 13.6. The van der Waals surface area contributed by atoms with Crippen LogP contribution in [0.25, 0.3) is 0 Å². The van der Waals surface area contributed by atoms with Crippen LogP contribution in [0, 0.1) is 5.82 Å². The van der Waals surface area contributed by atoms with Crippen molar-refractivity contribution in [1.29, 1.82) is 0 Å². The highest BCUT2D eigenvalue weighted by molar-refractivity contribution is 6.34. The van der Waals surface area contributed by atoms with Gasteiger partial charge in [0.05, 0.1) is 22.0 Å². The number of halogens is 2. The van der Waals surface area contributed by atoms with Crippen molar-refractivity contribution in [2.45, 2.75) is 0 Å². The lowest BCUT2D eigenvalue weighted by atomic mass is 10.2. The number of aromatic hydroxyl groups is 1. The van der Waals surface area contributed by atoms with Gasteiger partial charge in [0, 0.05) is 6.07 Å². The van der Waals surface area contributed by atoms with Crippen molar-refractivity contribution in [3.05, 3.63) is 52.8 Å². The SMILES string of the molecule is Nc1cc(O)ccc1NC(=O)c1c(F)cccc1Cl. The highest BCUT2D eigenvalue weighted by Crippen LogP contribution is 2.25. The molecule has 0 saturated heterocycles. The Kier molecular flexibility index (Phi) is 3.57. The number of hydrogen-bond donors (Lipinski definition) is 3. The van der Waals surface area contributed by atoms with E-state index in [0.29, 0.717) is 0 Å². The molecule has 4 nitrogen and oxygen atoms in total. The van der Waals surface area contributed by atoms with Crippen LogP contribution in [0.5, 0.6) is 5.75 Å². The highest BCUT2D eigenvalue weighted by atomic mass is 35.5. The summed E-state index contributed by atoms with van der Waals surface area (Å²) in [6.45, 7) is 0. The first-order valence-electron chi connectivity index (χ1n) is 5.33. The van der Waals surface area contributed by atoms with E-state index in [1.54, 1.807) is 0 Å². The third kappa shape index (κ3) is 2.77. The van der Waals surface area contributed by atoms with Crippen molar-refractivity contribution < 1.29 is 14.3 Å². The van der Waals surface area contributed by atoms with Gasteiger partial charge in [0.2, 0.25) is 0 Å². The lowest BCUT2D eigenvalue weighted by Crippen LogP contribution is -2.15. The van der Waals surface area contributed by atoms with Gasteiger partial charge in [-0.2, -0.15) is 0 Å². The number of phenolic OH excluding ortho intramolecular Hbond substituents is 1. The Morgan fingerprint density at radius 1 is 1.32 bits per heavy atom. The minimum Gasteiger partial charge on any atom is -0.508 e. The number of anilines is 2. The van der Waals surface area contributed by atoms with Crippen LogP contribution in [-0.4, -0.2) is 11.0 Å². The number of hydrogen-bond acceptors (Lipinski definition) is 3. The summed E-state index contributed by atoms with van der Waals surface area (Å²) in [4.78, 5) is 11.9. The van der Waals surface area contributed by atoms with E-state index < -0.39 is 11.7 Å². The van der Waals surface area contributed by atoms with Crippen molar-refractivity contribution in [3.8, 4) is 5.75 Å². The molecule has 4 N–H and O–H groups in total. The van der Waals surface area contributed by atoms with E-state index in [0.717, 1.165) is 6.07 Å². The minimum atomic E-state index is -0.720. The molecule has 0 unspecified atom stereocenters. The standard InChI is InChI=1S/C13H10ClFN2O2/c14-8-2-1-3-9(15)12(8)13(19)17-11-5-4-7(18)6-10(11)16/h1-6,18H,16H2,(H,17,19). The minimum absolute atomic E-state index is 0.00912. The molecule has 2 rings (SSSR count). The molecule has 0 aliphatic carbocycles. The van der Waals surface area contributed by atoms with Crippen molar-refractivity contribution in [2.24, 2.45) is 0 Å². The summed E-state index contributed by atoms with van der Waals surface area (Å²) < 4.78 is 13.6. The smallest absolute Gasteiger partial charge is 0.260 e. The third-order valence-electron chi connectivity index (χ3n) is 2.47. The average Bonchev–Trinajstić information content (AvgIpc) is 2.32. The molecule has 6 heteroatoms. The predicted octanol–water partition coefficient (Wildman–Crippen LogP) is 3.02. The topological polar surface area (TPSA) is 75.3 Å². The van der Waals surface area contributed by atoms with Gasteiger partial charge in [-0.05, 0) is 24.3 Å². The number of amides is 1. The second-order valence-electron chi connectivity index (χ2n) is 3.82. The summed E-state index contributed by atoms with van der Waals surface area (Å²) in [5.41, 5.74) is 5.80. The molecule has 0 radical (unpaired) electrons. The average molecular weight is 281 g/mol. The summed E-state index contributed by atoms with van der Waals surface area (Å²) in [5, 5.41) is 11.6. The Labute approximate surface area is 113 Å². The molecule has 0 saturated carbocycles. The summed E-state index contributed by atoms with van der Waals surface area (Å²) in [5.74, 6) is -1.46. The van der Waals surface area contributed by atoms with Crippen LogP contribution in [0.3, 0.4) is 0 Å². The molecule has 1 amide bonds. The summed E-state index contributed by atoms with van der Waals surface area (Å²) in [7, 11) is 0. The highest BCUT2D eigenvalue weighted by Gasteiger charge is 2.16. The Morgan fingerprint density at radius 2 is 2.05 bits per heavy atom. The van der Waals surface area contributed by atoms with Crippen LogP contribution in [0.4, 0.5) is 15.8 Å². The molecule has 2 aromatic carbocycles. The van der Waals surface area contributed by atoms with E-state index in [-0.39, 0.29) is 27.7 Å². The predicted molar refractivity (Wildman–Crippen MR) is 71.9 cm³/mol. The first-order valence-corrected chi connectivity index (χ1v) is 5.70. The van der Waals surface area contributed by atoms with Crippen LogP contribution in [0.15, 0.2) is 36.4 Å². The number of nitrogens with two attached hydrogens (primary N) is 1. The lowest BCUT2D eigenvalue weighted by molar-refractivity contribution is 0.102. The van der Waals surface area contributed by atoms with Crippen molar-refractivity contribution in [2.75, 3.05) is 11.1 Å². The summed E-state index contributed by atoms with van der Waals surface area (Å²) in [6.07, 6.45) is 0. The Balaban J connectivity index is 2.31. The van der Waals surface area contributed by atoms with E-state index in [4.69, 9.17) is 17.3 Å². The maximum Gasteiger partial charge on any atom is 0.260 e. The van der Waals surface area contributed by atoms with Gasteiger partial charge in [-0.3, -0.25) is 4.79 Å². The molecule has 2 aromatic rings. The fourth-order valence-electron chi connectivity index (χ4n) is 1.56. The Morgan fingerprint density at radius 3 is 2.68 bits per heavy atom. The zero-order valence-electron chi connectivity index (χ0n) is 9.65. The van der Waals surface area contributed by atoms with E-state index in [9.17, 15) is 14.3 Å². The van der Waals surface area contributed by atoms with Gasteiger partial charge in [0.1, 0.15) is 11.6 Å². The van der Waals surface area contributed by atoms with Gasteiger partial charge >= 0.3 is 0 Å². The zero-order valence-corrected chi connectivity index (χ0v) is 10.4. The molecule has 0 aliphatic heterocycles. The molecule has 19 heavy (non-hydrogen) atoms. The lowest BCUT2D eigenvalue weighted by Gasteiger charge is -2.10. The summed E-state index contributed by atoms with van der Waals surface area (Å²) >= 11 is 5.78. The first-order chi connectivity index (χ1) is 8.99. The van der Waals surface area contributed by atoms with Crippen molar-refractivity contribution >= 4 is 28.9 Å².